The average molecular weight is 402 g/mol. The van der Waals surface area contributed by atoms with Gasteiger partial charge in [-0.15, -0.1) is 0 Å². The summed E-state index contributed by atoms with van der Waals surface area (Å²) in [5.74, 6) is 0.365. The van der Waals surface area contributed by atoms with Crippen LogP contribution in [-0.2, 0) is 4.79 Å². The van der Waals surface area contributed by atoms with Gasteiger partial charge in [-0.3, -0.25) is 14.2 Å². The maximum atomic E-state index is 13.2. The number of aromatic nitrogens is 1. The van der Waals surface area contributed by atoms with Gasteiger partial charge in [0.25, 0.3) is 5.91 Å². The Kier molecular flexibility index (Phi) is 5.40. The number of furan rings is 1. The number of nitrogens with one attached hydrogen (secondary N) is 1. The van der Waals surface area contributed by atoms with Crippen molar-refractivity contribution >= 4 is 17.5 Å². The summed E-state index contributed by atoms with van der Waals surface area (Å²) in [6.45, 7) is 2.61. The highest BCUT2D eigenvalue weighted by atomic mass is 16.4. The molecule has 0 atom stereocenters. The van der Waals surface area contributed by atoms with Crippen LogP contribution in [0.25, 0.3) is 5.88 Å². The minimum Gasteiger partial charge on any atom is -0.443 e. The molecule has 0 saturated carbocycles. The number of hydrogen-bond donors (Lipinski definition) is 1. The average Bonchev–Trinajstić information content (AvgIpc) is 3.41. The van der Waals surface area contributed by atoms with Crippen LogP contribution >= 0.6 is 0 Å². The van der Waals surface area contributed by atoms with Crippen LogP contribution in [0, 0.1) is 24.2 Å². The minimum atomic E-state index is -0.229. The lowest BCUT2D eigenvalue weighted by atomic mass is 9.95. The molecule has 1 N–H and O–H groups in total. The molecule has 0 unspecified atom stereocenters. The maximum absolute atomic E-state index is 13.2. The van der Waals surface area contributed by atoms with E-state index in [9.17, 15) is 14.9 Å². The van der Waals surface area contributed by atoms with Crippen molar-refractivity contribution in [3.8, 4) is 12.0 Å². The number of aryl methyl sites for hydroxylation is 1. The molecule has 4 rings (SSSR count). The van der Waals surface area contributed by atoms with Crippen molar-refractivity contribution in [3.05, 3.63) is 71.7 Å². The fourth-order valence-corrected chi connectivity index (χ4v) is 3.81. The second kappa shape index (κ2) is 8.29. The number of piperidine rings is 1. The number of para-hydroxylation sites is 1. The molecule has 1 aliphatic heterocycles. The van der Waals surface area contributed by atoms with E-state index in [0.29, 0.717) is 43.1 Å². The highest BCUT2D eigenvalue weighted by molar-refractivity contribution is 5.99. The zero-order chi connectivity index (χ0) is 21.1. The lowest BCUT2D eigenvalue weighted by molar-refractivity contribution is -0.121. The summed E-state index contributed by atoms with van der Waals surface area (Å²) in [5.41, 5.74) is 1.30. The first kappa shape index (κ1) is 19.5. The van der Waals surface area contributed by atoms with Gasteiger partial charge in [-0.25, -0.2) is 0 Å². The number of amides is 2. The summed E-state index contributed by atoms with van der Waals surface area (Å²) in [6, 6.07) is 15.1. The molecule has 1 fully saturated rings. The number of carbonyl (C=O) groups is 2. The van der Waals surface area contributed by atoms with Gasteiger partial charge in [0.1, 0.15) is 23.0 Å². The van der Waals surface area contributed by atoms with Crippen molar-refractivity contribution in [2.75, 3.05) is 18.4 Å². The molecule has 30 heavy (non-hydrogen) atoms. The predicted molar refractivity (Wildman–Crippen MR) is 111 cm³/mol. The quantitative estimate of drug-likeness (QED) is 0.720. The fourth-order valence-electron chi connectivity index (χ4n) is 3.81. The Bertz CT molecular complexity index is 1090. The first-order chi connectivity index (χ1) is 14.6. The molecule has 0 radical (unpaired) electrons. The maximum Gasteiger partial charge on any atom is 0.258 e. The van der Waals surface area contributed by atoms with E-state index in [1.807, 2.05) is 42.5 Å². The van der Waals surface area contributed by atoms with Crippen LogP contribution in [-0.4, -0.2) is 34.4 Å². The molecule has 0 aliphatic carbocycles. The number of benzene rings is 1. The molecule has 2 amide bonds. The first-order valence-corrected chi connectivity index (χ1v) is 9.90. The number of likely N-dealkylation sites (tertiary alicyclic amines) is 1. The SMILES string of the molecule is Cc1oc(-n2cccc2)c(C#N)c1C(=O)N1CCC(C(=O)Nc2ccccc2)CC1. The largest absolute Gasteiger partial charge is 0.443 e. The summed E-state index contributed by atoms with van der Waals surface area (Å²) in [7, 11) is 0. The predicted octanol–water partition coefficient (Wildman–Crippen LogP) is 3.74. The summed E-state index contributed by atoms with van der Waals surface area (Å²) in [4.78, 5) is 27.4. The van der Waals surface area contributed by atoms with Crippen molar-refractivity contribution in [2.24, 2.45) is 5.92 Å². The van der Waals surface area contributed by atoms with E-state index in [1.54, 1.807) is 28.8 Å². The summed E-state index contributed by atoms with van der Waals surface area (Å²) in [5, 5.41) is 12.6. The van der Waals surface area contributed by atoms with Crippen LogP contribution in [0.2, 0.25) is 0 Å². The lowest BCUT2D eigenvalue weighted by Crippen LogP contribution is -2.41. The van der Waals surface area contributed by atoms with E-state index < -0.39 is 0 Å². The fraction of sp³-hybridized carbons (Fsp3) is 0.261. The van der Waals surface area contributed by atoms with Gasteiger partial charge < -0.3 is 14.6 Å². The Hall–Kier alpha value is -3.79. The number of anilines is 1. The van der Waals surface area contributed by atoms with Gasteiger partial charge in [-0.1, -0.05) is 18.2 Å². The number of nitrogens with zero attached hydrogens (tertiary/aromatic N) is 3. The summed E-state index contributed by atoms with van der Waals surface area (Å²) in [6.07, 6.45) is 4.69. The van der Waals surface area contributed by atoms with Gasteiger partial charge in [-0.2, -0.15) is 5.26 Å². The van der Waals surface area contributed by atoms with Gasteiger partial charge in [0, 0.05) is 37.1 Å². The molecule has 1 aliphatic rings. The van der Waals surface area contributed by atoms with Crippen molar-refractivity contribution in [2.45, 2.75) is 19.8 Å². The third-order valence-corrected chi connectivity index (χ3v) is 5.42. The van der Waals surface area contributed by atoms with Crippen molar-refractivity contribution in [1.82, 2.24) is 9.47 Å². The molecule has 152 valence electrons. The van der Waals surface area contributed by atoms with E-state index >= 15 is 0 Å². The molecule has 0 spiro atoms. The zero-order valence-electron chi connectivity index (χ0n) is 16.7. The van der Waals surface area contributed by atoms with Gasteiger partial charge in [0.2, 0.25) is 11.8 Å². The van der Waals surface area contributed by atoms with Crippen LogP contribution in [0.5, 0.6) is 0 Å². The Morgan fingerprint density at radius 1 is 1.10 bits per heavy atom. The van der Waals surface area contributed by atoms with Crippen LogP contribution in [0.1, 0.15) is 34.5 Å². The van der Waals surface area contributed by atoms with Gasteiger partial charge in [0.05, 0.1) is 0 Å². The van der Waals surface area contributed by atoms with Crippen LogP contribution in [0.4, 0.5) is 5.69 Å². The van der Waals surface area contributed by atoms with Gasteiger partial charge in [0.15, 0.2) is 0 Å². The molecular formula is C23H22N4O3. The number of hydrogen-bond acceptors (Lipinski definition) is 4. The Balaban J connectivity index is 1.45. The number of nitriles is 1. The zero-order valence-corrected chi connectivity index (χ0v) is 16.7. The third-order valence-electron chi connectivity index (χ3n) is 5.42. The highest BCUT2D eigenvalue weighted by Crippen LogP contribution is 2.28. The van der Waals surface area contributed by atoms with Crippen LogP contribution in [0.3, 0.4) is 0 Å². The van der Waals surface area contributed by atoms with Gasteiger partial charge >= 0.3 is 0 Å². The van der Waals surface area contributed by atoms with Crippen LogP contribution in [0.15, 0.2) is 59.3 Å². The van der Waals surface area contributed by atoms with Gasteiger partial charge in [-0.05, 0) is 44.0 Å². The molecule has 2 aromatic heterocycles. The molecule has 0 bridgehead atoms. The van der Waals surface area contributed by atoms with E-state index in [2.05, 4.69) is 11.4 Å². The Morgan fingerprint density at radius 3 is 2.40 bits per heavy atom. The van der Waals surface area contributed by atoms with E-state index in [-0.39, 0.29) is 23.3 Å². The third kappa shape index (κ3) is 3.72. The van der Waals surface area contributed by atoms with E-state index in [1.165, 1.54) is 0 Å². The Labute approximate surface area is 174 Å². The number of rotatable bonds is 4. The van der Waals surface area contributed by atoms with Crippen molar-refractivity contribution in [1.29, 1.82) is 5.26 Å². The second-order valence-corrected chi connectivity index (χ2v) is 7.34. The highest BCUT2D eigenvalue weighted by Gasteiger charge is 2.32. The molecule has 3 heterocycles. The van der Waals surface area contributed by atoms with E-state index in [4.69, 9.17) is 4.42 Å². The van der Waals surface area contributed by atoms with E-state index in [0.717, 1.165) is 5.69 Å². The standard InChI is InChI=1S/C23H22N4O3/c1-16-20(19(15-24)23(30-16)27-11-5-6-12-27)22(29)26-13-9-17(10-14-26)21(28)25-18-7-3-2-4-8-18/h2-8,11-12,17H,9-10,13-14H2,1H3,(H,25,28). The monoisotopic (exact) mass is 402 g/mol. The topological polar surface area (TPSA) is 91.3 Å². The molecule has 3 aromatic rings. The van der Waals surface area contributed by atoms with Crippen LogP contribution < -0.4 is 5.32 Å². The van der Waals surface area contributed by atoms with Crippen molar-refractivity contribution < 1.29 is 14.0 Å². The normalized spacial score (nSPS) is 14.3. The summed E-state index contributed by atoms with van der Waals surface area (Å²) >= 11 is 0. The molecule has 7 heteroatoms. The second-order valence-electron chi connectivity index (χ2n) is 7.34. The molecule has 7 nitrogen and oxygen atoms in total. The minimum absolute atomic E-state index is 0.0274. The molecule has 1 saturated heterocycles. The first-order valence-electron chi connectivity index (χ1n) is 9.90. The number of carbonyl (C=O) groups excluding carboxylic acids is 2. The molecule has 1 aromatic carbocycles. The Morgan fingerprint density at radius 2 is 1.77 bits per heavy atom. The van der Waals surface area contributed by atoms with Crippen molar-refractivity contribution in [3.63, 3.8) is 0 Å². The molecular weight excluding hydrogens is 380 g/mol. The summed E-state index contributed by atoms with van der Waals surface area (Å²) < 4.78 is 7.43. The smallest absolute Gasteiger partial charge is 0.258 e. The lowest BCUT2D eigenvalue weighted by Gasteiger charge is -2.31.